The first-order chi connectivity index (χ1) is 13.5. The average Bonchev–Trinajstić information content (AvgIpc) is 3.14. The standard InChI is InChI=1S/C20H25N4O2PS/c1-3-24(15-27)28(25,26)17-9-10-19(21-12-16-7-5-4-6-8-16)18(11-17)20-13-23(2)14-22-20/h4-11,13-14,21H,3,12,15,27H2,1-2H3. The van der Waals surface area contributed by atoms with Gasteiger partial charge in [0.2, 0.25) is 10.0 Å². The lowest BCUT2D eigenvalue weighted by molar-refractivity contribution is 0.476. The number of aryl methyl sites for hydroxylation is 1. The lowest BCUT2D eigenvalue weighted by atomic mass is 10.1. The van der Waals surface area contributed by atoms with E-state index in [2.05, 4.69) is 19.5 Å². The monoisotopic (exact) mass is 416 g/mol. The second kappa shape index (κ2) is 8.86. The van der Waals surface area contributed by atoms with Gasteiger partial charge in [-0.2, -0.15) is 4.31 Å². The van der Waals surface area contributed by atoms with Gasteiger partial charge in [-0.15, -0.1) is 9.24 Å². The highest BCUT2D eigenvalue weighted by Gasteiger charge is 2.23. The Morgan fingerprint density at radius 1 is 1.18 bits per heavy atom. The third kappa shape index (κ3) is 4.43. The quantitative estimate of drug-likeness (QED) is 0.571. The number of rotatable bonds is 8. The molecule has 0 bridgehead atoms. The molecule has 28 heavy (non-hydrogen) atoms. The van der Waals surface area contributed by atoms with Crippen LogP contribution in [0.1, 0.15) is 12.5 Å². The van der Waals surface area contributed by atoms with Gasteiger partial charge in [0, 0.05) is 43.9 Å². The Morgan fingerprint density at radius 2 is 1.93 bits per heavy atom. The summed E-state index contributed by atoms with van der Waals surface area (Å²) in [6, 6.07) is 15.2. The van der Waals surface area contributed by atoms with Crippen molar-refractivity contribution in [1.29, 1.82) is 0 Å². The first-order valence-corrected chi connectivity index (χ1v) is 11.3. The van der Waals surface area contributed by atoms with Gasteiger partial charge in [-0.25, -0.2) is 13.4 Å². The van der Waals surface area contributed by atoms with E-state index in [1.54, 1.807) is 18.5 Å². The molecule has 3 rings (SSSR count). The van der Waals surface area contributed by atoms with Crippen LogP contribution in [0.4, 0.5) is 5.69 Å². The molecule has 1 aromatic heterocycles. The molecule has 1 N–H and O–H groups in total. The SMILES string of the molecule is CCN(CP)S(=O)(=O)c1ccc(NCc2ccccc2)c(-c2cn(C)cn2)c1. The smallest absolute Gasteiger partial charge is 0.243 e. The number of anilines is 1. The van der Waals surface area contributed by atoms with Crippen LogP contribution >= 0.6 is 9.24 Å². The van der Waals surface area contributed by atoms with Crippen LogP contribution < -0.4 is 5.32 Å². The van der Waals surface area contributed by atoms with Crippen LogP contribution in [0.2, 0.25) is 0 Å². The van der Waals surface area contributed by atoms with Crippen molar-refractivity contribution in [2.45, 2.75) is 18.4 Å². The molecule has 0 radical (unpaired) electrons. The lowest BCUT2D eigenvalue weighted by Gasteiger charge is -2.19. The molecule has 1 unspecified atom stereocenters. The van der Waals surface area contributed by atoms with Gasteiger partial charge in [-0.05, 0) is 23.8 Å². The maximum Gasteiger partial charge on any atom is 0.243 e. The summed E-state index contributed by atoms with van der Waals surface area (Å²) in [4.78, 5) is 4.69. The fraction of sp³-hybridized carbons (Fsp3) is 0.250. The van der Waals surface area contributed by atoms with Gasteiger partial charge < -0.3 is 9.88 Å². The number of benzene rings is 2. The third-order valence-electron chi connectivity index (χ3n) is 4.49. The Morgan fingerprint density at radius 3 is 2.54 bits per heavy atom. The summed E-state index contributed by atoms with van der Waals surface area (Å²) in [6.45, 7) is 2.88. The molecule has 1 atom stereocenters. The van der Waals surface area contributed by atoms with Crippen molar-refractivity contribution in [3.05, 3.63) is 66.6 Å². The summed E-state index contributed by atoms with van der Waals surface area (Å²) in [5.74, 6) is 0. The van der Waals surface area contributed by atoms with Crippen LogP contribution in [0.25, 0.3) is 11.3 Å². The fourth-order valence-corrected chi connectivity index (χ4v) is 5.13. The van der Waals surface area contributed by atoms with E-state index in [9.17, 15) is 8.42 Å². The van der Waals surface area contributed by atoms with Gasteiger partial charge >= 0.3 is 0 Å². The summed E-state index contributed by atoms with van der Waals surface area (Å²) >= 11 is 0. The normalized spacial score (nSPS) is 11.7. The number of hydrogen-bond donors (Lipinski definition) is 1. The van der Waals surface area contributed by atoms with Crippen molar-refractivity contribution in [3.63, 3.8) is 0 Å². The molecule has 0 aliphatic carbocycles. The van der Waals surface area contributed by atoms with Crippen molar-refractivity contribution in [1.82, 2.24) is 13.9 Å². The minimum absolute atomic E-state index is 0.266. The highest BCUT2D eigenvalue weighted by molar-refractivity contribution is 7.89. The lowest BCUT2D eigenvalue weighted by Crippen LogP contribution is -2.29. The van der Waals surface area contributed by atoms with E-state index in [1.807, 2.05) is 61.1 Å². The van der Waals surface area contributed by atoms with Crippen molar-refractivity contribution in [2.24, 2.45) is 7.05 Å². The van der Waals surface area contributed by atoms with Gasteiger partial charge in [0.1, 0.15) is 0 Å². The second-order valence-electron chi connectivity index (χ2n) is 6.43. The molecular weight excluding hydrogens is 391 g/mol. The maximum atomic E-state index is 12.9. The average molecular weight is 416 g/mol. The number of sulfonamides is 1. The predicted octanol–water partition coefficient (Wildman–Crippen LogP) is 3.54. The molecule has 0 amide bonds. The molecule has 0 saturated carbocycles. The molecule has 2 aromatic carbocycles. The Bertz CT molecular complexity index is 1030. The van der Waals surface area contributed by atoms with Crippen LogP contribution in [-0.2, 0) is 23.6 Å². The zero-order valence-electron chi connectivity index (χ0n) is 16.0. The highest BCUT2D eigenvalue weighted by Crippen LogP contribution is 2.31. The molecule has 0 aliphatic rings. The van der Waals surface area contributed by atoms with Gasteiger partial charge in [-0.3, -0.25) is 0 Å². The van der Waals surface area contributed by atoms with E-state index in [1.165, 1.54) is 4.31 Å². The minimum Gasteiger partial charge on any atom is -0.380 e. The predicted molar refractivity (Wildman–Crippen MR) is 117 cm³/mol. The number of hydrogen-bond acceptors (Lipinski definition) is 4. The van der Waals surface area contributed by atoms with Crippen molar-refractivity contribution in [2.75, 3.05) is 18.1 Å². The Hall–Kier alpha value is -2.21. The topological polar surface area (TPSA) is 67.2 Å². The number of imidazole rings is 1. The largest absolute Gasteiger partial charge is 0.380 e. The third-order valence-corrected chi connectivity index (χ3v) is 7.13. The van der Waals surface area contributed by atoms with E-state index in [4.69, 9.17) is 0 Å². The zero-order chi connectivity index (χ0) is 20.1. The first-order valence-electron chi connectivity index (χ1n) is 9.06. The molecular formula is C20H25N4O2PS. The molecule has 3 aromatic rings. The van der Waals surface area contributed by atoms with E-state index in [-0.39, 0.29) is 4.90 Å². The van der Waals surface area contributed by atoms with Gasteiger partial charge in [0.05, 0.1) is 16.9 Å². The van der Waals surface area contributed by atoms with Crippen LogP contribution in [-0.4, -0.2) is 35.1 Å². The fourth-order valence-electron chi connectivity index (χ4n) is 2.94. The summed E-state index contributed by atoms with van der Waals surface area (Å²) in [6.07, 6.45) is 3.94. The maximum absolute atomic E-state index is 12.9. The number of nitrogens with one attached hydrogen (secondary N) is 1. The molecule has 0 aliphatic heterocycles. The summed E-state index contributed by atoms with van der Waals surface area (Å²) in [5, 5.41) is 3.41. The Kier molecular flexibility index (Phi) is 6.50. The highest BCUT2D eigenvalue weighted by atomic mass is 32.2. The van der Waals surface area contributed by atoms with E-state index < -0.39 is 10.0 Å². The van der Waals surface area contributed by atoms with Crippen LogP contribution in [0.5, 0.6) is 0 Å². The molecule has 0 spiro atoms. The van der Waals surface area contributed by atoms with Gasteiger partial charge in [-0.1, -0.05) is 37.3 Å². The van der Waals surface area contributed by atoms with Crippen molar-refractivity contribution >= 4 is 25.0 Å². The number of nitrogens with zero attached hydrogens (tertiary/aromatic N) is 3. The molecule has 6 nitrogen and oxygen atoms in total. The van der Waals surface area contributed by atoms with E-state index >= 15 is 0 Å². The van der Waals surface area contributed by atoms with E-state index in [0.717, 1.165) is 22.5 Å². The molecule has 0 fully saturated rings. The molecule has 8 heteroatoms. The minimum atomic E-state index is -3.56. The van der Waals surface area contributed by atoms with Crippen LogP contribution in [0, 0.1) is 0 Å². The Labute approximate surface area is 168 Å². The Balaban J connectivity index is 2.00. The zero-order valence-corrected chi connectivity index (χ0v) is 18.0. The van der Waals surface area contributed by atoms with Gasteiger partial charge in [0.25, 0.3) is 0 Å². The summed E-state index contributed by atoms with van der Waals surface area (Å²) < 4.78 is 29.1. The molecule has 1 heterocycles. The summed E-state index contributed by atoms with van der Waals surface area (Å²) in [5.41, 5.74) is 3.48. The van der Waals surface area contributed by atoms with Crippen LogP contribution in [0.15, 0.2) is 66.0 Å². The number of aromatic nitrogens is 2. The molecule has 0 saturated heterocycles. The summed E-state index contributed by atoms with van der Waals surface area (Å²) in [7, 11) is 0.805. The van der Waals surface area contributed by atoms with E-state index in [0.29, 0.717) is 19.4 Å². The van der Waals surface area contributed by atoms with Crippen molar-refractivity contribution < 1.29 is 8.42 Å². The first kappa shape index (κ1) is 20.5. The van der Waals surface area contributed by atoms with Gasteiger partial charge in [0.15, 0.2) is 0 Å². The van der Waals surface area contributed by atoms with Crippen molar-refractivity contribution in [3.8, 4) is 11.3 Å². The second-order valence-corrected chi connectivity index (χ2v) is 8.73. The molecule has 148 valence electrons. The van der Waals surface area contributed by atoms with Crippen LogP contribution in [0.3, 0.4) is 0 Å².